The average molecular weight is 697 g/mol. The molecule has 1 amide bonds. The zero-order chi connectivity index (χ0) is 35.0. The van der Waals surface area contributed by atoms with E-state index in [4.69, 9.17) is 28.6 Å². The summed E-state index contributed by atoms with van der Waals surface area (Å²) >= 11 is 1.69. The van der Waals surface area contributed by atoms with Gasteiger partial charge in [-0.05, 0) is 47.5 Å². The van der Waals surface area contributed by atoms with Crippen LogP contribution in [0.1, 0.15) is 63.4 Å². The van der Waals surface area contributed by atoms with Crippen molar-refractivity contribution in [3.8, 4) is 23.2 Å². The summed E-state index contributed by atoms with van der Waals surface area (Å²) in [6.07, 6.45) is 3.29. The molecule has 2 saturated heterocycles. The lowest BCUT2D eigenvalue weighted by atomic mass is 10.1. The van der Waals surface area contributed by atoms with Crippen LogP contribution in [0.4, 0.5) is 10.6 Å². The Labute approximate surface area is 292 Å². The average Bonchev–Trinajstić information content (AvgIpc) is 3.81. The van der Waals surface area contributed by atoms with Gasteiger partial charge < -0.3 is 23.5 Å². The van der Waals surface area contributed by atoms with E-state index in [1.807, 2.05) is 51.1 Å². The van der Waals surface area contributed by atoms with E-state index in [1.54, 1.807) is 49.6 Å². The number of rotatable bonds is 7. The number of hydrogen-bond donors (Lipinski definition) is 1. The van der Waals surface area contributed by atoms with Crippen molar-refractivity contribution in [2.45, 2.75) is 83.2 Å². The highest BCUT2D eigenvalue weighted by Crippen LogP contribution is 2.45. The van der Waals surface area contributed by atoms with Gasteiger partial charge in [0.1, 0.15) is 36.2 Å². The first kappa shape index (κ1) is 33.6. The Bertz CT molecular complexity index is 2070. The number of aromatic nitrogens is 7. The molecule has 0 unspecified atom stereocenters. The smallest absolute Gasteiger partial charge is 0.413 e. The molecule has 2 aliphatic rings. The fourth-order valence-electron chi connectivity index (χ4n) is 5.87. The molecule has 50 heavy (non-hydrogen) atoms. The minimum absolute atomic E-state index is 0.188. The zero-order valence-electron chi connectivity index (χ0n) is 28.4. The number of carbonyl (C=O) groups is 1. The van der Waals surface area contributed by atoms with Gasteiger partial charge >= 0.3 is 6.09 Å². The van der Waals surface area contributed by atoms with E-state index in [2.05, 4.69) is 42.3 Å². The van der Waals surface area contributed by atoms with Crippen molar-refractivity contribution < 1.29 is 28.3 Å². The number of amides is 1. The van der Waals surface area contributed by atoms with Crippen molar-refractivity contribution in [3.05, 3.63) is 77.9 Å². The summed E-state index contributed by atoms with van der Waals surface area (Å²) in [6.45, 7) is 11.0. The van der Waals surface area contributed by atoms with Crippen LogP contribution in [0.25, 0.3) is 22.4 Å². The number of aryl methyl sites for hydroxylation is 1. The summed E-state index contributed by atoms with van der Waals surface area (Å²) in [5.74, 6) is 7.47. The second-order valence-corrected chi connectivity index (χ2v) is 14.3. The third-order valence-electron chi connectivity index (χ3n) is 7.91. The van der Waals surface area contributed by atoms with Gasteiger partial charge in [0.25, 0.3) is 0 Å². The van der Waals surface area contributed by atoms with Crippen LogP contribution in [0.15, 0.2) is 59.9 Å². The van der Waals surface area contributed by atoms with Gasteiger partial charge in [0.2, 0.25) is 0 Å². The minimum Gasteiger partial charge on any atom is -0.444 e. The molecule has 1 N–H and O–H groups in total. The Balaban J connectivity index is 1.20. The Morgan fingerprint density at radius 2 is 1.82 bits per heavy atom. The predicted molar refractivity (Wildman–Crippen MR) is 184 cm³/mol. The van der Waals surface area contributed by atoms with E-state index in [1.165, 1.54) is 12.7 Å². The Kier molecular flexibility index (Phi) is 9.04. The highest BCUT2D eigenvalue weighted by molar-refractivity contribution is 7.98. The van der Waals surface area contributed by atoms with E-state index in [0.29, 0.717) is 33.8 Å². The van der Waals surface area contributed by atoms with Crippen LogP contribution in [-0.4, -0.2) is 76.4 Å². The number of anilines is 1. The summed E-state index contributed by atoms with van der Waals surface area (Å²) in [5, 5.41) is 12.3. The fraction of sp³-hybridized carbons (Fsp3) is 0.400. The highest BCUT2D eigenvalue weighted by atomic mass is 32.2. The van der Waals surface area contributed by atoms with Gasteiger partial charge in [-0.1, -0.05) is 41.4 Å². The van der Waals surface area contributed by atoms with Gasteiger partial charge in [0, 0.05) is 35.0 Å². The maximum Gasteiger partial charge on any atom is 0.413 e. The molecule has 4 atom stereocenters. The lowest BCUT2D eigenvalue weighted by molar-refractivity contribution is -0.195. The van der Waals surface area contributed by atoms with Crippen LogP contribution in [0.3, 0.4) is 0 Å². The van der Waals surface area contributed by atoms with E-state index < -0.39 is 35.9 Å². The molecule has 6 heterocycles. The molecular formula is C35H36N8O6S. The van der Waals surface area contributed by atoms with Gasteiger partial charge in [-0.15, -0.1) is 0 Å². The van der Waals surface area contributed by atoms with Crippen LogP contribution in [0.5, 0.6) is 0 Å². The molecule has 0 bridgehead atoms. The lowest BCUT2D eigenvalue weighted by Gasteiger charge is -2.24. The van der Waals surface area contributed by atoms with Crippen LogP contribution in [-0.2, 0) is 24.7 Å². The van der Waals surface area contributed by atoms with Gasteiger partial charge in [-0.3, -0.25) is 5.32 Å². The van der Waals surface area contributed by atoms with Gasteiger partial charge in [0.05, 0.1) is 22.7 Å². The van der Waals surface area contributed by atoms with Crippen LogP contribution < -0.4 is 5.32 Å². The van der Waals surface area contributed by atoms with Crippen molar-refractivity contribution in [2.75, 3.05) is 11.1 Å². The minimum atomic E-state index is -0.858. The van der Waals surface area contributed by atoms with Gasteiger partial charge in [0.15, 0.2) is 29.2 Å². The summed E-state index contributed by atoms with van der Waals surface area (Å²) in [4.78, 5) is 29.9. The molecular weight excluding hydrogens is 661 g/mol. The largest absolute Gasteiger partial charge is 0.444 e. The number of fused-ring (bicyclic) bond motifs is 2. The first-order chi connectivity index (χ1) is 24.0. The zero-order valence-corrected chi connectivity index (χ0v) is 29.2. The molecule has 0 radical (unpaired) electrons. The third-order valence-corrected chi connectivity index (χ3v) is 8.97. The summed E-state index contributed by atoms with van der Waals surface area (Å²) in [6, 6.07) is 9.94. The standard InChI is InChI=1S/C35H36N8O6S/c1-20-23(27(49-42-20)22-10-8-7-9-11-22)16-50-17-25-28-29(47-35(5,6)46-28)32(45-25)43-31-26(24(41-43)13-12-21-14-36-18-37-15-21)30(38-19-39-31)40-33(44)48-34(2,3)4/h7-11,14-15,18-19,25,28-29,32H,16-17H2,1-6H3,(H,38,39,40,44)/t25-,28-,29-,32-/m1/s1. The van der Waals surface area contributed by atoms with E-state index in [9.17, 15) is 4.79 Å². The molecule has 2 fully saturated rings. The van der Waals surface area contributed by atoms with Crippen molar-refractivity contribution in [1.82, 2.24) is 34.9 Å². The number of nitrogens with one attached hydrogen (secondary N) is 1. The monoisotopic (exact) mass is 696 g/mol. The van der Waals surface area contributed by atoms with Crippen LogP contribution in [0.2, 0.25) is 0 Å². The Morgan fingerprint density at radius 1 is 1.06 bits per heavy atom. The second kappa shape index (κ2) is 13.4. The number of carbonyl (C=O) groups excluding carboxylic acids is 1. The second-order valence-electron chi connectivity index (χ2n) is 13.3. The van der Waals surface area contributed by atoms with Gasteiger partial charge in [-0.25, -0.2) is 29.4 Å². The van der Waals surface area contributed by atoms with Crippen LogP contribution in [0, 0.1) is 18.8 Å². The van der Waals surface area contributed by atoms with E-state index >= 15 is 0 Å². The molecule has 4 aromatic heterocycles. The molecule has 5 aromatic rings. The maximum absolute atomic E-state index is 12.9. The number of nitrogens with zero attached hydrogens (tertiary/aromatic N) is 7. The van der Waals surface area contributed by atoms with Gasteiger partial charge in [-0.2, -0.15) is 16.9 Å². The number of benzene rings is 1. The summed E-state index contributed by atoms with van der Waals surface area (Å²) in [7, 11) is 0. The normalized spacial score (nSPS) is 21.1. The molecule has 2 aliphatic heterocycles. The van der Waals surface area contributed by atoms with E-state index in [0.717, 1.165) is 22.6 Å². The predicted octanol–water partition coefficient (Wildman–Crippen LogP) is 5.68. The molecule has 0 aliphatic carbocycles. The lowest BCUT2D eigenvalue weighted by Crippen LogP contribution is -2.31. The SMILES string of the molecule is Cc1noc(-c2ccccc2)c1CSC[C@H]1O[C@@H](n2nc(C#Cc3cncnc3)c3c(NC(=O)OC(C)(C)C)ncnc32)[C@@H]2OC(C)(C)O[C@@H]21. The Hall–Kier alpha value is -4.88. The number of hydrogen-bond acceptors (Lipinski definition) is 13. The van der Waals surface area contributed by atoms with Crippen molar-refractivity contribution in [1.29, 1.82) is 0 Å². The molecule has 0 saturated carbocycles. The third kappa shape index (κ3) is 7.06. The quantitative estimate of drug-likeness (QED) is 0.207. The molecule has 14 nitrogen and oxygen atoms in total. The van der Waals surface area contributed by atoms with Crippen molar-refractivity contribution in [2.24, 2.45) is 0 Å². The van der Waals surface area contributed by atoms with E-state index in [-0.39, 0.29) is 11.9 Å². The summed E-state index contributed by atoms with van der Waals surface area (Å²) < 4.78 is 32.4. The molecule has 7 rings (SSSR count). The maximum atomic E-state index is 12.9. The molecule has 0 spiro atoms. The fourth-order valence-corrected chi connectivity index (χ4v) is 7.03. The van der Waals surface area contributed by atoms with Crippen molar-refractivity contribution in [3.63, 3.8) is 0 Å². The first-order valence-corrected chi connectivity index (χ1v) is 17.2. The highest BCUT2D eigenvalue weighted by Gasteiger charge is 2.56. The Morgan fingerprint density at radius 3 is 2.58 bits per heavy atom. The first-order valence-electron chi connectivity index (χ1n) is 16.1. The molecule has 258 valence electrons. The molecule has 15 heteroatoms. The number of thioether (sulfide) groups is 1. The van der Waals surface area contributed by atoms with Crippen LogP contribution >= 0.6 is 11.8 Å². The number of ether oxygens (including phenoxy) is 4. The topological polar surface area (TPSA) is 161 Å². The molecule has 1 aromatic carbocycles. The summed E-state index contributed by atoms with van der Waals surface area (Å²) in [5.41, 5.74) is 3.40. The van der Waals surface area contributed by atoms with Crippen molar-refractivity contribution >= 4 is 34.7 Å².